The Hall–Kier alpha value is -4.61. The summed E-state index contributed by atoms with van der Waals surface area (Å²) in [7, 11) is 4.82. The number of carbonyl (C=O) groups excluding carboxylic acids is 3. The van der Waals surface area contributed by atoms with E-state index in [4.69, 9.17) is 14.2 Å². The number of anilines is 3. The molecule has 11 nitrogen and oxygen atoms in total. The maximum absolute atomic E-state index is 13.7. The molecule has 0 aliphatic carbocycles. The van der Waals surface area contributed by atoms with Crippen molar-refractivity contribution in [1.29, 1.82) is 0 Å². The molecule has 0 fully saturated rings. The quantitative estimate of drug-likeness (QED) is 0.263. The number of hydrogen-bond donors (Lipinski definition) is 4. The molecule has 0 bridgehead atoms. The van der Waals surface area contributed by atoms with Gasteiger partial charge >= 0.3 is 0 Å². The minimum absolute atomic E-state index is 0.0163. The molecule has 232 valence electrons. The van der Waals surface area contributed by atoms with E-state index in [2.05, 4.69) is 27.3 Å². The maximum atomic E-state index is 13.7. The number of likely N-dealkylation sites (N-methyl/N-ethyl adjacent to an activating group) is 1. The van der Waals surface area contributed by atoms with Gasteiger partial charge in [-0.2, -0.15) is 0 Å². The van der Waals surface area contributed by atoms with Crippen molar-refractivity contribution in [2.24, 2.45) is 0 Å². The number of ether oxygens (including phenoxy) is 3. The Kier molecular flexibility index (Phi) is 9.36. The zero-order chi connectivity index (χ0) is 31.4. The normalized spacial score (nSPS) is 16.4. The molecule has 2 aliphatic heterocycles. The summed E-state index contributed by atoms with van der Waals surface area (Å²) in [6.45, 7) is 4.45. The molecule has 3 amide bonds. The van der Waals surface area contributed by atoms with Crippen LogP contribution in [0.15, 0.2) is 54.6 Å². The molecule has 3 atom stereocenters. The minimum Gasteiger partial charge on any atom is -0.493 e. The predicted octanol–water partition coefficient (Wildman–Crippen LogP) is 3.47. The molecule has 3 aromatic rings. The third-order valence-corrected chi connectivity index (χ3v) is 7.96. The van der Waals surface area contributed by atoms with Crippen molar-refractivity contribution in [1.82, 2.24) is 10.6 Å². The summed E-state index contributed by atoms with van der Waals surface area (Å²) in [6, 6.07) is 15.9. The van der Waals surface area contributed by atoms with E-state index >= 15 is 0 Å². The monoisotopic (exact) mass is 601 g/mol. The number of carbonyl (C=O) groups is 3. The summed E-state index contributed by atoms with van der Waals surface area (Å²) in [5.41, 5.74) is 5.48. The third-order valence-electron chi connectivity index (χ3n) is 7.96. The van der Waals surface area contributed by atoms with Crippen molar-refractivity contribution in [2.45, 2.75) is 51.6 Å². The third kappa shape index (κ3) is 6.48. The van der Waals surface area contributed by atoms with Gasteiger partial charge in [0.2, 0.25) is 11.8 Å². The van der Waals surface area contributed by atoms with Gasteiger partial charge in [-0.25, -0.2) is 0 Å². The van der Waals surface area contributed by atoms with Crippen LogP contribution in [-0.2, 0) is 34.0 Å². The van der Waals surface area contributed by atoms with Gasteiger partial charge in [0.15, 0.2) is 11.5 Å². The van der Waals surface area contributed by atoms with E-state index in [0.717, 1.165) is 28.8 Å². The van der Waals surface area contributed by atoms with Crippen LogP contribution in [0, 0.1) is 0 Å². The molecule has 0 spiro atoms. The van der Waals surface area contributed by atoms with Crippen molar-refractivity contribution < 1.29 is 28.6 Å². The average Bonchev–Trinajstić information content (AvgIpc) is 3.34. The Labute approximate surface area is 257 Å². The molecule has 2 aliphatic rings. The van der Waals surface area contributed by atoms with Crippen molar-refractivity contribution in [2.75, 3.05) is 43.3 Å². The van der Waals surface area contributed by atoms with Crippen LogP contribution in [0.1, 0.15) is 40.9 Å². The second-order valence-corrected chi connectivity index (χ2v) is 11.1. The summed E-state index contributed by atoms with van der Waals surface area (Å²) < 4.78 is 17.2. The van der Waals surface area contributed by atoms with E-state index < -0.39 is 12.1 Å². The Morgan fingerprint density at radius 2 is 1.73 bits per heavy atom. The molecule has 5 rings (SSSR count). The van der Waals surface area contributed by atoms with E-state index in [1.807, 2.05) is 41.3 Å². The van der Waals surface area contributed by atoms with Crippen LogP contribution < -0.4 is 35.6 Å². The first-order valence-electron chi connectivity index (χ1n) is 14.6. The van der Waals surface area contributed by atoms with Crippen molar-refractivity contribution in [3.8, 4) is 11.5 Å². The highest BCUT2D eigenvalue weighted by molar-refractivity contribution is 6.12. The molecular formula is C33H39N5O6. The number of rotatable bonds is 11. The van der Waals surface area contributed by atoms with Gasteiger partial charge in [0.25, 0.3) is 5.91 Å². The SMILES string of the molecule is CN[C@H](C)C(=O)N[C@@H](C)C(=O)Nc1cc(COC)cc(COc2cc3c(cc2OC)C(=O)N2c4ccccc4C[C@H]2CN3)c1. The standard InChI is InChI=1S/C33H39N5O6/c1-19(34-3)31(39)36-20(2)32(40)37-24-11-21(17-42-4)10-22(12-24)18-44-30-15-27-26(14-29(30)43-5)33(41)38-25(16-35-27)13-23-8-6-7-9-28(23)38/h6-12,14-15,19-20,25,34-35H,13,16-18H2,1-5H3,(H,36,39)(H,37,40)/t19-,20+,25+/m1/s1. The summed E-state index contributed by atoms with van der Waals surface area (Å²) in [5, 5.41) is 11.9. The van der Waals surface area contributed by atoms with Gasteiger partial charge in [0, 0.05) is 31.1 Å². The molecule has 0 aromatic heterocycles. The van der Waals surface area contributed by atoms with Gasteiger partial charge < -0.3 is 40.4 Å². The lowest BCUT2D eigenvalue weighted by Gasteiger charge is -2.22. The van der Waals surface area contributed by atoms with Crippen molar-refractivity contribution in [3.05, 3.63) is 76.9 Å². The molecule has 4 N–H and O–H groups in total. The Balaban J connectivity index is 1.33. The second-order valence-electron chi connectivity index (χ2n) is 11.1. The fourth-order valence-electron chi connectivity index (χ4n) is 5.53. The van der Waals surface area contributed by atoms with Crippen molar-refractivity contribution in [3.63, 3.8) is 0 Å². The van der Waals surface area contributed by atoms with E-state index in [1.54, 1.807) is 47.2 Å². The number of para-hydroxylation sites is 1. The van der Waals surface area contributed by atoms with E-state index in [-0.39, 0.29) is 30.4 Å². The number of fused-ring (bicyclic) bond motifs is 4. The maximum Gasteiger partial charge on any atom is 0.260 e. The minimum atomic E-state index is -0.743. The molecule has 0 radical (unpaired) electrons. The molecule has 11 heteroatoms. The molecule has 2 heterocycles. The lowest BCUT2D eigenvalue weighted by molar-refractivity contribution is -0.127. The first-order chi connectivity index (χ1) is 21.2. The van der Waals surface area contributed by atoms with Crippen LogP contribution in [0.3, 0.4) is 0 Å². The van der Waals surface area contributed by atoms with E-state index in [1.165, 1.54) is 0 Å². The van der Waals surface area contributed by atoms with Crippen LogP contribution >= 0.6 is 0 Å². The molecule has 0 unspecified atom stereocenters. The molecule has 0 saturated heterocycles. The van der Waals surface area contributed by atoms with Gasteiger partial charge in [-0.3, -0.25) is 14.4 Å². The fourth-order valence-corrected chi connectivity index (χ4v) is 5.53. The number of amides is 3. The summed E-state index contributed by atoms with van der Waals surface area (Å²) in [6.07, 6.45) is 0.792. The first-order valence-corrected chi connectivity index (χ1v) is 14.6. The fraction of sp³-hybridized carbons (Fsp3) is 0.364. The summed E-state index contributed by atoms with van der Waals surface area (Å²) in [4.78, 5) is 40.7. The summed E-state index contributed by atoms with van der Waals surface area (Å²) >= 11 is 0. The van der Waals surface area contributed by atoms with Gasteiger partial charge in [-0.05, 0) is 74.3 Å². The largest absolute Gasteiger partial charge is 0.493 e. The van der Waals surface area contributed by atoms with E-state index in [9.17, 15) is 14.4 Å². The number of nitrogens with zero attached hydrogens (tertiary/aromatic N) is 1. The highest BCUT2D eigenvalue weighted by Gasteiger charge is 2.37. The van der Waals surface area contributed by atoms with Crippen LogP contribution in [-0.4, -0.2) is 63.7 Å². The van der Waals surface area contributed by atoms with Crippen molar-refractivity contribution >= 4 is 34.8 Å². The van der Waals surface area contributed by atoms with Gasteiger partial charge in [0.1, 0.15) is 12.6 Å². The Morgan fingerprint density at radius 3 is 2.45 bits per heavy atom. The highest BCUT2D eigenvalue weighted by Crippen LogP contribution is 2.40. The van der Waals surface area contributed by atoms with E-state index in [0.29, 0.717) is 41.6 Å². The Morgan fingerprint density at radius 1 is 0.977 bits per heavy atom. The van der Waals surface area contributed by atoms with Crippen LogP contribution in [0.2, 0.25) is 0 Å². The van der Waals surface area contributed by atoms with Crippen LogP contribution in [0.25, 0.3) is 0 Å². The number of methoxy groups -OCH3 is 2. The number of nitrogens with one attached hydrogen (secondary N) is 4. The molecule has 3 aromatic carbocycles. The predicted molar refractivity (Wildman–Crippen MR) is 168 cm³/mol. The number of benzene rings is 3. The molecular weight excluding hydrogens is 562 g/mol. The molecule has 44 heavy (non-hydrogen) atoms. The van der Waals surface area contributed by atoms with Gasteiger partial charge in [0.05, 0.1) is 37.1 Å². The zero-order valence-corrected chi connectivity index (χ0v) is 25.7. The van der Waals surface area contributed by atoms with Gasteiger partial charge in [-0.1, -0.05) is 18.2 Å². The first kappa shape index (κ1) is 30.8. The topological polar surface area (TPSA) is 130 Å². The van der Waals surface area contributed by atoms with Crippen LogP contribution in [0.5, 0.6) is 11.5 Å². The smallest absolute Gasteiger partial charge is 0.260 e. The lowest BCUT2D eigenvalue weighted by atomic mass is 10.1. The van der Waals surface area contributed by atoms with Crippen LogP contribution in [0.4, 0.5) is 17.1 Å². The number of hydrogen-bond acceptors (Lipinski definition) is 8. The zero-order valence-electron chi connectivity index (χ0n) is 25.7. The Bertz CT molecular complexity index is 1560. The van der Waals surface area contributed by atoms with Gasteiger partial charge in [-0.15, -0.1) is 0 Å². The second kappa shape index (κ2) is 13.4. The summed E-state index contributed by atoms with van der Waals surface area (Å²) in [5.74, 6) is 0.213. The molecule has 0 saturated carbocycles. The lowest BCUT2D eigenvalue weighted by Crippen LogP contribution is -2.48. The highest BCUT2D eigenvalue weighted by atomic mass is 16.5. The average molecular weight is 602 g/mol.